The Balaban J connectivity index is 2.11. The molecule has 1 N–H and O–H groups in total. The van der Waals surface area contributed by atoms with E-state index in [0.717, 1.165) is 6.42 Å². The molecule has 1 unspecified atom stereocenters. The van der Waals surface area contributed by atoms with Crippen molar-refractivity contribution in [2.75, 3.05) is 6.61 Å². The number of carbonyl (C=O) groups is 1. The van der Waals surface area contributed by atoms with Crippen LogP contribution in [0.15, 0.2) is 0 Å². The normalized spacial score (nSPS) is 20.4. The van der Waals surface area contributed by atoms with Crippen molar-refractivity contribution in [2.24, 2.45) is 5.92 Å². The quantitative estimate of drug-likeness (QED) is 0.705. The van der Waals surface area contributed by atoms with E-state index in [2.05, 4.69) is 0 Å². The maximum absolute atomic E-state index is 10.5. The molecule has 3 heteroatoms. The molecule has 0 aliphatic heterocycles. The van der Waals surface area contributed by atoms with Crippen LogP contribution in [0.5, 0.6) is 0 Å². The van der Waals surface area contributed by atoms with Crippen molar-refractivity contribution in [2.45, 2.75) is 51.6 Å². The predicted octanol–water partition coefficient (Wildman–Crippen LogP) is 1.88. The third-order valence-electron chi connectivity index (χ3n) is 2.81. The Morgan fingerprint density at radius 2 is 2.07 bits per heavy atom. The Morgan fingerprint density at radius 3 is 2.64 bits per heavy atom. The number of hydrogen-bond donors (Lipinski definition) is 1. The summed E-state index contributed by atoms with van der Waals surface area (Å²) in [7, 11) is 0. The van der Waals surface area contributed by atoms with Crippen molar-refractivity contribution < 1.29 is 14.6 Å². The largest absolute Gasteiger partial charge is 0.463 e. The maximum Gasteiger partial charge on any atom is 0.302 e. The summed E-state index contributed by atoms with van der Waals surface area (Å²) in [5.74, 6) is 0.321. The highest BCUT2D eigenvalue weighted by Gasteiger charge is 2.17. The van der Waals surface area contributed by atoms with Crippen LogP contribution in [0.1, 0.15) is 45.4 Å². The molecule has 3 nitrogen and oxygen atoms in total. The van der Waals surface area contributed by atoms with Gasteiger partial charge in [0.1, 0.15) is 6.61 Å². The summed E-state index contributed by atoms with van der Waals surface area (Å²) >= 11 is 0. The Hall–Kier alpha value is -0.570. The molecule has 14 heavy (non-hydrogen) atoms. The van der Waals surface area contributed by atoms with Crippen molar-refractivity contribution in [1.29, 1.82) is 0 Å². The molecular formula is C11H20O3. The summed E-state index contributed by atoms with van der Waals surface area (Å²) in [5, 5.41) is 9.57. The zero-order valence-corrected chi connectivity index (χ0v) is 8.87. The molecule has 0 spiro atoms. The summed E-state index contributed by atoms with van der Waals surface area (Å²) in [6, 6.07) is 0. The van der Waals surface area contributed by atoms with E-state index in [4.69, 9.17) is 4.74 Å². The van der Waals surface area contributed by atoms with Gasteiger partial charge < -0.3 is 9.84 Å². The number of aliphatic hydroxyl groups excluding tert-OH is 1. The van der Waals surface area contributed by atoms with Crippen LogP contribution in [-0.4, -0.2) is 23.8 Å². The Bertz CT molecular complexity index is 173. The van der Waals surface area contributed by atoms with Crippen molar-refractivity contribution in [3.8, 4) is 0 Å². The topological polar surface area (TPSA) is 46.5 Å². The molecule has 1 fully saturated rings. The Morgan fingerprint density at radius 1 is 1.43 bits per heavy atom. The first-order chi connectivity index (χ1) is 6.68. The number of ether oxygens (including phenoxy) is 1. The second-order valence-corrected chi connectivity index (χ2v) is 4.20. The van der Waals surface area contributed by atoms with Crippen LogP contribution in [0, 0.1) is 5.92 Å². The minimum absolute atomic E-state index is 0.159. The van der Waals surface area contributed by atoms with Crippen LogP contribution in [0.3, 0.4) is 0 Å². The van der Waals surface area contributed by atoms with Gasteiger partial charge in [-0.25, -0.2) is 0 Å². The predicted molar refractivity (Wildman–Crippen MR) is 53.8 cm³/mol. The number of hydrogen-bond acceptors (Lipinski definition) is 3. The van der Waals surface area contributed by atoms with Gasteiger partial charge in [-0.05, 0) is 12.3 Å². The minimum atomic E-state index is -0.470. The standard InChI is InChI=1S/C11H20O3/c1-9(12)14-8-11(13)7-10-5-3-2-4-6-10/h10-11,13H,2-8H2,1H3. The van der Waals surface area contributed by atoms with Gasteiger partial charge >= 0.3 is 5.97 Å². The molecule has 0 amide bonds. The van der Waals surface area contributed by atoms with E-state index in [-0.39, 0.29) is 12.6 Å². The van der Waals surface area contributed by atoms with Gasteiger partial charge in [-0.2, -0.15) is 0 Å². The van der Waals surface area contributed by atoms with Crippen LogP contribution < -0.4 is 0 Å². The average Bonchev–Trinajstić information content (AvgIpc) is 2.16. The van der Waals surface area contributed by atoms with Gasteiger partial charge in [0.05, 0.1) is 6.10 Å². The van der Waals surface area contributed by atoms with Crippen LogP contribution in [0.4, 0.5) is 0 Å². The summed E-state index contributed by atoms with van der Waals surface area (Å²) in [4.78, 5) is 10.5. The Labute approximate surface area is 85.5 Å². The lowest BCUT2D eigenvalue weighted by atomic mass is 9.85. The summed E-state index contributed by atoms with van der Waals surface area (Å²) in [6.45, 7) is 1.53. The van der Waals surface area contributed by atoms with E-state index < -0.39 is 6.10 Å². The van der Waals surface area contributed by atoms with E-state index in [1.54, 1.807) is 0 Å². The second kappa shape index (κ2) is 6.02. The lowest BCUT2D eigenvalue weighted by Gasteiger charge is -2.23. The summed E-state index contributed by atoms with van der Waals surface area (Å²) in [6.07, 6.45) is 6.65. The van der Waals surface area contributed by atoms with Gasteiger partial charge in [0.25, 0.3) is 0 Å². The average molecular weight is 200 g/mol. The number of carbonyl (C=O) groups excluding carboxylic acids is 1. The highest BCUT2D eigenvalue weighted by atomic mass is 16.5. The molecule has 1 aliphatic carbocycles. The zero-order chi connectivity index (χ0) is 10.4. The first-order valence-electron chi connectivity index (χ1n) is 5.50. The van der Waals surface area contributed by atoms with Gasteiger partial charge in [-0.3, -0.25) is 4.79 Å². The van der Waals surface area contributed by atoms with Crippen molar-refractivity contribution >= 4 is 5.97 Å². The fourth-order valence-electron chi connectivity index (χ4n) is 2.09. The van der Waals surface area contributed by atoms with Crippen LogP contribution in [0.2, 0.25) is 0 Å². The van der Waals surface area contributed by atoms with Crippen LogP contribution in [-0.2, 0) is 9.53 Å². The van der Waals surface area contributed by atoms with Crippen molar-refractivity contribution in [3.63, 3.8) is 0 Å². The number of aliphatic hydroxyl groups is 1. The van der Waals surface area contributed by atoms with Gasteiger partial charge in [0.15, 0.2) is 0 Å². The van der Waals surface area contributed by atoms with E-state index >= 15 is 0 Å². The smallest absolute Gasteiger partial charge is 0.302 e. The van der Waals surface area contributed by atoms with E-state index in [1.165, 1.54) is 39.0 Å². The monoisotopic (exact) mass is 200 g/mol. The molecule has 0 aromatic rings. The maximum atomic E-state index is 10.5. The molecule has 1 rings (SSSR count). The molecule has 82 valence electrons. The van der Waals surface area contributed by atoms with E-state index in [0.29, 0.717) is 5.92 Å². The summed E-state index contributed by atoms with van der Waals surface area (Å²) < 4.78 is 4.76. The molecule has 0 heterocycles. The SMILES string of the molecule is CC(=O)OCC(O)CC1CCCCC1. The fraction of sp³-hybridized carbons (Fsp3) is 0.909. The minimum Gasteiger partial charge on any atom is -0.463 e. The highest BCUT2D eigenvalue weighted by molar-refractivity contribution is 5.65. The highest BCUT2D eigenvalue weighted by Crippen LogP contribution is 2.27. The van der Waals surface area contributed by atoms with E-state index in [9.17, 15) is 9.90 Å². The van der Waals surface area contributed by atoms with Gasteiger partial charge in [0, 0.05) is 6.92 Å². The molecule has 0 radical (unpaired) electrons. The fourth-order valence-corrected chi connectivity index (χ4v) is 2.09. The molecule has 1 atom stereocenters. The molecule has 0 aromatic heterocycles. The molecule has 0 aromatic carbocycles. The van der Waals surface area contributed by atoms with Gasteiger partial charge in [-0.1, -0.05) is 32.1 Å². The molecular weight excluding hydrogens is 180 g/mol. The molecule has 0 saturated heterocycles. The number of rotatable bonds is 4. The molecule has 0 bridgehead atoms. The van der Waals surface area contributed by atoms with E-state index in [1.807, 2.05) is 0 Å². The number of esters is 1. The van der Waals surface area contributed by atoms with Crippen molar-refractivity contribution in [1.82, 2.24) is 0 Å². The third-order valence-corrected chi connectivity index (χ3v) is 2.81. The summed E-state index contributed by atoms with van der Waals surface area (Å²) in [5.41, 5.74) is 0. The van der Waals surface area contributed by atoms with Crippen LogP contribution in [0.25, 0.3) is 0 Å². The first kappa shape index (κ1) is 11.5. The van der Waals surface area contributed by atoms with Crippen molar-refractivity contribution in [3.05, 3.63) is 0 Å². The third kappa shape index (κ3) is 4.61. The lowest BCUT2D eigenvalue weighted by molar-refractivity contribution is -0.144. The molecule has 1 aliphatic rings. The van der Waals surface area contributed by atoms with Crippen LogP contribution >= 0.6 is 0 Å². The van der Waals surface area contributed by atoms with Gasteiger partial charge in [-0.15, -0.1) is 0 Å². The second-order valence-electron chi connectivity index (χ2n) is 4.20. The van der Waals surface area contributed by atoms with Gasteiger partial charge in [0.2, 0.25) is 0 Å². The Kier molecular flexibility index (Phi) is 4.94. The molecule has 1 saturated carbocycles. The lowest BCUT2D eigenvalue weighted by Crippen LogP contribution is -2.22. The zero-order valence-electron chi connectivity index (χ0n) is 8.87. The first-order valence-corrected chi connectivity index (χ1v) is 5.50.